The number of likely N-dealkylation sites (tertiary alicyclic amines) is 1. The van der Waals surface area contributed by atoms with Gasteiger partial charge >= 0.3 is 0 Å². The first-order valence-corrected chi connectivity index (χ1v) is 10.3. The van der Waals surface area contributed by atoms with Crippen molar-refractivity contribution in [2.24, 2.45) is 5.92 Å². The maximum atomic E-state index is 12.9. The molecule has 3 fully saturated rings. The quantitative estimate of drug-likeness (QED) is 0.881. The van der Waals surface area contributed by atoms with Crippen LogP contribution in [0.5, 0.6) is 0 Å². The molecule has 1 unspecified atom stereocenters. The lowest BCUT2D eigenvalue weighted by Gasteiger charge is -2.30. The summed E-state index contributed by atoms with van der Waals surface area (Å²) in [4.78, 5) is 27.6. The summed E-state index contributed by atoms with van der Waals surface area (Å²) in [6.07, 6.45) is 9.57. The third-order valence-corrected chi connectivity index (χ3v) is 6.63. The monoisotopic (exact) mass is 354 g/mol. The molecule has 0 spiro atoms. The maximum absolute atomic E-state index is 12.9. The number of nitrogens with one attached hydrogen (secondary N) is 1. The van der Waals surface area contributed by atoms with Gasteiger partial charge < -0.3 is 10.2 Å². The van der Waals surface area contributed by atoms with E-state index in [0.717, 1.165) is 57.9 Å². The lowest BCUT2D eigenvalue weighted by Crippen LogP contribution is -2.49. The van der Waals surface area contributed by atoms with Crippen LogP contribution >= 0.6 is 0 Å². The highest BCUT2D eigenvalue weighted by molar-refractivity contribution is 5.89. The van der Waals surface area contributed by atoms with Crippen molar-refractivity contribution in [3.63, 3.8) is 0 Å². The van der Waals surface area contributed by atoms with Gasteiger partial charge in [-0.3, -0.25) is 9.59 Å². The molecule has 2 saturated carbocycles. The summed E-state index contributed by atoms with van der Waals surface area (Å²) in [6, 6.07) is 10.2. The minimum absolute atomic E-state index is 0.0499. The molecule has 4 nitrogen and oxygen atoms in total. The molecular formula is C22H30N2O2. The number of carbonyl (C=O) groups excluding carboxylic acids is 2. The molecular weight excluding hydrogens is 324 g/mol. The highest BCUT2D eigenvalue weighted by Gasteiger charge is 2.45. The van der Waals surface area contributed by atoms with Crippen LogP contribution in [0.15, 0.2) is 30.3 Å². The minimum Gasteiger partial charge on any atom is -0.353 e. The van der Waals surface area contributed by atoms with Crippen molar-refractivity contribution < 1.29 is 9.59 Å². The molecule has 1 aromatic carbocycles. The van der Waals surface area contributed by atoms with Crippen molar-refractivity contribution in [2.45, 2.75) is 69.2 Å². The first-order valence-electron chi connectivity index (χ1n) is 10.3. The highest BCUT2D eigenvalue weighted by Crippen LogP contribution is 2.47. The SMILES string of the molecule is O=C(NCC1(c2ccccc2)CC1)C1CCCN1C(=O)C1CCCCC1. The Labute approximate surface area is 156 Å². The molecule has 140 valence electrons. The molecule has 0 bridgehead atoms. The molecule has 1 aliphatic heterocycles. The van der Waals surface area contributed by atoms with E-state index in [4.69, 9.17) is 0 Å². The summed E-state index contributed by atoms with van der Waals surface area (Å²) in [5, 5.41) is 3.18. The molecule has 1 aromatic rings. The van der Waals surface area contributed by atoms with Crippen molar-refractivity contribution in [1.29, 1.82) is 0 Å². The number of rotatable bonds is 5. The minimum atomic E-state index is -0.254. The zero-order valence-electron chi connectivity index (χ0n) is 15.6. The van der Waals surface area contributed by atoms with Gasteiger partial charge in [0, 0.05) is 24.4 Å². The van der Waals surface area contributed by atoms with Crippen molar-refractivity contribution in [2.75, 3.05) is 13.1 Å². The maximum Gasteiger partial charge on any atom is 0.242 e. The standard InChI is InChI=1S/C22H30N2O2/c25-20(23-16-22(13-14-22)18-10-5-2-6-11-18)19-12-7-15-24(19)21(26)17-8-3-1-4-9-17/h2,5-6,10-11,17,19H,1,3-4,7-9,12-16H2,(H,23,25). The Bertz CT molecular complexity index is 647. The first kappa shape index (κ1) is 17.6. The highest BCUT2D eigenvalue weighted by atomic mass is 16.2. The zero-order chi connectivity index (χ0) is 18.0. The van der Waals surface area contributed by atoms with Crippen molar-refractivity contribution >= 4 is 11.8 Å². The Balaban J connectivity index is 1.36. The van der Waals surface area contributed by atoms with Crippen LogP contribution in [-0.2, 0) is 15.0 Å². The van der Waals surface area contributed by atoms with E-state index >= 15 is 0 Å². The Morgan fingerprint density at radius 1 is 1.00 bits per heavy atom. The van der Waals surface area contributed by atoms with Gasteiger partial charge in [-0.1, -0.05) is 49.6 Å². The van der Waals surface area contributed by atoms with E-state index in [9.17, 15) is 9.59 Å². The average Bonchev–Trinajstić information content (AvgIpc) is 3.34. The summed E-state index contributed by atoms with van der Waals surface area (Å²) in [7, 11) is 0. The molecule has 4 heteroatoms. The van der Waals surface area contributed by atoms with Crippen LogP contribution in [-0.4, -0.2) is 35.8 Å². The van der Waals surface area contributed by atoms with Gasteiger partial charge in [-0.25, -0.2) is 0 Å². The summed E-state index contributed by atoms with van der Waals surface area (Å²) < 4.78 is 0. The number of benzene rings is 1. The van der Waals surface area contributed by atoms with Gasteiger partial charge in [-0.15, -0.1) is 0 Å². The summed E-state index contributed by atoms with van der Waals surface area (Å²) >= 11 is 0. The molecule has 2 aliphatic carbocycles. The molecule has 0 radical (unpaired) electrons. The van der Waals surface area contributed by atoms with Gasteiger partial charge in [-0.2, -0.15) is 0 Å². The Kier molecular flexibility index (Phi) is 5.01. The molecule has 26 heavy (non-hydrogen) atoms. The third-order valence-electron chi connectivity index (χ3n) is 6.63. The molecule has 4 rings (SSSR count). The fourth-order valence-electron chi connectivity index (χ4n) is 4.77. The van der Waals surface area contributed by atoms with Gasteiger partial charge in [0.25, 0.3) is 0 Å². The summed E-state index contributed by atoms with van der Waals surface area (Å²) in [6.45, 7) is 1.44. The normalized spacial score (nSPS) is 25.1. The van der Waals surface area contributed by atoms with E-state index in [-0.39, 0.29) is 29.2 Å². The van der Waals surface area contributed by atoms with Crippen LogP contribution in [0, 0.1) is 5.92 Å². The average molecular weight is 354 g/mol. The smallest absolute Gasteiger partial charge is 0.242 e. The second-order valence-electron chi connectivity index (χ2n) is 8.39. The van der Waals surface area contributed by atoms with Gasteiger partial charge in [0.1, 0.15) is 6.04 Å². The Morgan fingerprint density at radius 2 is 1.73 bits per heavy atom. The fraction of sp³-hybridized carbons (Fsp3) is 0.636. The lowest BCUT2D eigenvalue weighted by atomic mass is 9.88. The first-order chi connectivity index (χ1) is 12.7. The largest absolute Gasteiger partial charge is 0.353 e. The topological polar surface area (TPSA) is 49.4 Å². The van der Waals surface area contributed by atoms with E-state index < -0.39 is 0 Å². The molecule has 1 N–H and O–H groups in total. The number of amides is 2. The van der Waals surface area contributed by atoms with Crippen molar-refractivity contribution in [3.8, 4) is 0 Å². The summed E-state index contributed by atoms with van der Waals surface area (Å²) in [5.41, 5.74) is 1.44. The number of hydrogen-bond donors (Lipinski definition) is 1. The molecule has 1 saturated heterocycles. The second kappa shape index (κ2) is 7.42. The van der Waals surface area contributed by atoms with Crippen LogP contribution in [0.2, 0.25) is 0 Å². The van der Waals surface area contributed by atoms with Gasteiger partial charge in [-0.05, 0) is 44.1 Å². The summed E-state index contributed by atoms with van der Waals surface area (Å²) in [5.74, 6) is 0.427. The van der Waals surface area contributed by atoms with Gasteiger partial charge in [0.05, 0.1) is 0 Å². The second-order valence-corrected chi connectivity index (χ2v) is 8.39. The van der Waals surface area contributed by atoms with E-state index in [1.54, 1.807) is 0 Å². The van der Waals surface area contributed by atoms with E-state index in [1.807, 2.05) is 11.0 Å². The predicted molar refractivity (Wildman–Crippen MR) is 102 cm³/mol. The molecule has 3 aliphatic rings. The molecule has 1 atom stereocenters. The number of nitrogens with zero attached hydrogens (tertiary/aromatic N) is 1. The van der Waals surface area contributed by atoms with E-state index in [1.165, 1.54) is 12.0 Å². The van der Waals surface area contributed by atoms with Crippen LogP contribution < -0.4 is 5.32 Å². The van der Waals surface area contributed by atoms with Crippen molar-refractivity contribution in [1.82, 2.24) is 10.2 Å². The Hall–Kier alpha value is -1.84. The van der Waals surface area contributed by atoms with Crippen LogP contribution in [0.3, 0.4) is 0 Å². The van der Waals surface area contributed by atoms with Crippen molar-refractivity contribution in [3.05, 3.63) is 35.9 Å². The van der Waals surface area contributed by atoms with Crippen LogP contribution in [0.25, 0.3) is 0 Å². The third kappa shape index (κ3) is 3.51. The molecule has 1 heterocycles. The fourth-order valence-corrected chi connectivity index (χ4v) is 4.77. The predicted octanol–water partition coefficient (Wildman–Crippen LogP) is 3.41. The van der Waals surface area contributed by atoms with E-state index in [2.05, 4.69) is 29.6 Å². The van der Waals surface area contributed by atoms with Crippen LogP contribution in [0.1, 0.15) is 63.4 Å². The van der Waals surface area contributed by atoms with Crippen LogP contribution in [0.4, 0.5) is 0 Å². The van der Waals surface area contributed by atoms with Gasteiger partial charge in [0.2, 0.25) is 11.8 Å². The number of hydrogen-bond acceptors (Lipinski definition) is 2. The number of carbonyl (C=O) groups is 2. The Morgan fingerprint density at radius 3 is 2.42 bits per heavy atom. The van der Waals surface area contributed by atoms with Gasteiger partial charge in [0.15, 0.2) is 0 Å². The van der Waals surface area contributed by atoms with E-state index in [0.29, 0.717) is 6.54 Å². The molecule has 0 aromatic heterocycles. The molecule has 2 amide bonds. The zero-order valence-corrected chi connectivity index (χ0v) is 15.6. The lowest BCUT2D eigenvalue weighted by molar-refractivity contribution is -0.142.